The van der Waals surface area contributed by atoms with Gasteiger partial charge in [-0.1, -0.05) is 0 Å². The van der Waals surface area contributed by atoms with Crippen molar-refractivity contribution in [2.45, 2.75) is 5.25 Å². The zero-order valence-electron chi connectivity index (χ0n) is 16.3. The molecule has 0 aliphatic carbocycles. The van der Waals surface area contributed by atoms with E-state index in [4.69, 9.17) is 0 Å². The van der Waals surface area contributed by atoms with Crippen molar-refractivity contribution in [1.82, 2.24) is 0 Å². The molecule has 4 aromatic carbocycles. The molecule has 29 heavy (non-hydrogen) atoms. The summed E-state index contributed by atoms with van der Waals surface area (Å²) in [6.07, 6.45) is 0. The minimum atomic E-state index is -1.74. The van der Waals surface area contributed by atoms with Crippen molar-refractivity contribution in [3.63, 3.8) is 0 Å². The van der Waals surface area contributed by atoms with Crippen molar-refractivity contribution in [3.05, 3.63) is 138 Å². The normalized spacial score (nSPS) is 13.8. The second-order valence-corrected chi connectivity index (χ2v) is 12.4. The van der Waals surface area contributed by atoms with Crippen molar-refractivity contribution in [1.29, 1.82) is 0 Å². The van der Waals surface area contributed by atoms with Crippen molar-refractivity contribution in [2.24, 2.45) is 0 Å². The number of allylic oxidation sites excluding steroid dienone is 2. The Morgan fingerprint density at radius 1 is 0.448 bits per heavy atom. The van der Waals surface area contributed by atoms with E-state index >= 15 is 0 Å². The van der Waals surface area contributed by atoms with Crippen LogP contribution in [0.2, 0.25) is 5.25 Å². The predicted octanol–water partition coefficient (Wildman–Crippen LogP) is 5.82. The van der Waals surface area contributed by atoms with Gasteiger partial charge in [0.2, 0.25) is 0 Å². The van der Waals surface area contributed by atoms with Crippen LogP contribution in [0.5, 0.6) is 0 Å². The quantitative estimate of drug-likeness (QED) is 0.358. The van der Waals surface area contributed by atoms with E-state index in [1.807, 2.05) is 0 Å². The molecule has 0 unspecified atom stereocenters. The molecular formula is C28H22Ge. The van der Waals surface area contributed by atoms with Gasteiger partial charge in [-0.25, -0.2) is 0 Å². The summed E-state index contributed by atoms with van der Waals surface area (Å²) in [7, 11) is 0. The van der Waals surface area contributed by atoms with E-state index in [2.05, 4.69) is 121 Å². The van der Waals surface area contributed by atoms with Gasteiger partial charge in [0.1, 0.15) is 0 Å². The van der Waals surface area contributed by atoms with Gasteiger partial charge in [-0.05, 0) is 0 Å². The first kappa shape index (κ1) is 18.1. The van der Waals surface area contributed by atoms with Gasteiger partial charge in [0.05, 0.1) is 0 Å². The van der Waals surface area contributed by atoms with Gasteiger partial charge in [0.25, 0.3) is 0 Å². The van der Waals surface area contributed by atoms with Crippen LogP contribution in [0, 0.1) is 0 Å². The van der Waals surface area contributed by atoms with Crippen molar-refractivity contribution < 1.29 is 0 Å². The van der Waals surface area contributed by atoms with Crippen LogP contribution >= 0.6 is 0 Å². The Morgan fingerprint density at radius 2 is 0.897 bits per heavy atom. The van der Waals surface area contributed by atoms with Crippen LogP contribution in [0.4, 0.5) is 0 Å². The number of hydrogen-bond donors (Lipinski definition) is 0. The number of hydrogen-bond acceptors (Lipinski definition) is 0. The Labute approximate surface area is 176 Å². The fourth-order valence-corrected chi connectivity index (χ4v) is 10.8. The second-order valence-electron chi connectivity index (χ2n) is 7.35. The third-order valence-electron chi connectivity index (χ3n) is 5.58. The maximum atomic E-state index is 2.34. The summed E-state index contributed by atoms with van der Waals surface area (Å²) in [6, 6.07) is 44.2. The summed E-state index contributed by atoms with van der Waals surface area (Å²) in [5.41, 5.74) is 7.05. The number of benzene rings is 4. The van der Waals surface area contributed by atoms with E-state index in [-0.39, 0.29) is 0 Å². The molecule has 0 amide bonds. The molecule has 0 nitrogen and oxygen atoms in total. The van der Waals surface area contributed by atoms with E-state index in [0.717, 1.165) is 0 Å². The van der Waals surface area contributed by atoms with Crippen LogP contribution in [0.15, 0.2) is 121 Å². The molecule has 0 N–H and O–H groups in total. The van der Waals surface area contributed by atoms with Crippen LogP contribution in [0.25, 0.3) is 11.1 Å². The molecular weight excluding hydrogens is 409 g/mol. The Bertz CT molecular complexity index is 1080. The van der Waals surface area contributed by atoms with Crippen molar-refractivity contribution >= 4 is 33.8 Å². The van der Waals surface area contributed by atoms with Gasteiger partial charge in [-0.15, -0.1) is 0 Å². The molecule has 0 saturated carbocycles. The average molecular weight is 431 g/mol. The van der Waals surface area contributed by atoms with Gasteiger partial charge in [-0.3, -0.25) is 0 Å². The van der Waals surface area contributed by atoms with Crippen LogP contribution in [-0.2, 0) is 0 Å². The molecule has 4 aromatic rings. The van der Waals surface area contributed by atoms with Crippen LogP contribution < -0.4 is 4.40 Å². The number of rotatable bonds is 4. The Hall–Kier alpha value is -2.97. The molecule has 138 valence electrons. The maximum absolute atomic E-state index is 2.34. The van der Waals surface area contributed by atoms with E-state index in [1.54, 1.807) is 8.75 Å². The van der Waals surface area contributed by atoms with E-state index < -0.39 is 13.9 Å². The fourth-order valence-electron chi connectivity index (χ4n) is 4.27. The average Bonchev–Trinajstić information content (AvgIpc) is 3.22. The SMILES string of the molecule is c1ccc(C2=C(c3ccccc3)[C](c3ccccc3)=[Ge]([c]3ccccc3)[CH2]2)cc1. The molecule has 1 heteroatoms. The van der Waals surface area contributed by atoms with Gasteiger partial charge in [0.15, 0.2) is 0 Å². The van der Waals surface area contributed by atoms with E-state index in [0.29, 0.717) is 0 Å². The standard InChI is InChI=1S/C28H22Ge/c1-5-13-22(14-6-1)26-21-29(25-19-11-4-12-20-25)28(24-17-9-3-10-18-24)27(26)23-15-7-2-8-16-23/h1-20H,21H2. The third-order valence-corrected chi connectivity index (χ3v) is 11.6. The molecule has 0 fully saturated rings. The van der Waals surface area contributed by atoms with Gasteiger partial charge in [-0.2, -0.15) is 0 Å². The van der Waals surface area contributed by atoms with Crippen LogP contribution in [0.1, 0.15) is 16.7 Å². The summed E-state index contributed by atoms with van der Waals surface area (Å²) >= 11 is -1.74. The van der Waals surface area contributed by atoms with Gasteiger partial charge < -0.3 is 0 Å². The molecule has 1 aliphatic heterocycles. The van der Waals surface area contributed by atoms with Gasteiger partial charge in [0, 0.05) is 0 Å². The molecule has 0 radical (unpaired) electrons. The van der Waals surface area contributed by atoms with Gasteiger partial charge >= 0.3 is 177 Å². The molecule has 5 rings (SSSR count). The minimum absolute atomic E-state index is 1.18. The first-order valence-electron chi connectivity index (χ1n) is 10.1. The first-order valence-corrected chi connectivity index (χ1v) is 13.7. The summed E-state index contributed by atoms with van der Waals surface area (Å²) in [5.74, 6) is 0. The molecule has 1 heterocycles. The topological polar surface area (TPSA) is 0 Å². The zero-order valence-corrected chi connectivity index (χ0v) is 18.4. The molecule has 0 saturated heterocycles. The second kappa shape index (κ2) is 8.18. The van der Waals surface area contributed by atoms with Crippen molar-refractivity contribution in [2.75, 3.05) is 0 Å². The Kier molecular flexibility index (Phi) is 5.10. The molecule has 0 spiro atoms. The molecule has 0 bridgehead atoms. The summed E-state index contributed by atoms with van der Waals surface area (Å²) in [4.78, 5) is 0. The zero-order chi connectivity index (χ0) is 19.5. The molecule has 0 atom stereocenters. The third kappa shape index (κ3) is 3.57. The Balaban J connectivity index is 1.81. The van der Waals surface area contributed by atoms with Crippen LogP contribution in [-0.4, -0.2) is 18.3 Å². The van der Waals surface area contributed by atoms with E-state index in [1.165, 1.54) is 33.1 Å². The summed E-state index contributed by atoms with van der Waals surface area (Å²) < 4.78 is 3.15. The Morgan fingerprint density at radius 3 is 1.45 bits per heavy atom. The van der Waals surface area contributed by atoms with Crippen LogP contribution in [0.3, 0.4) is 0 Å². The summed E-state index contributed by atoms with van der Waals surface area (Å²) in [6.45, 7) is 0. The monoisotopic (exact) mass is 432 g/mol. The fraction of sp³-hybridized carbons (Fsp3) is 0.0357. The summed E-state index contributed by atoms with van der Waals surface area (Å²) in [5, 5.41) is 1.18. The van der Waals surface area contributed by atoms with E-state index in [9.17, 15) is 0 Å². The molecule has 0 aromatic heterocycles. The predicted molar refractivity (Wildman–Crippen MR) is 127 cm³/mol. The first-order chi connectivity index (χ1) is 14.4. The molecule has 1 aliphatic rings. The van der Waals surface area contributed by atoms with Crippen molar-refractivity contribution in [3.8, 4) is 0 Å².